The number of hydrogen-bond donors (Lipinski definition) is 1. The van der Waals surface area contributed by atoms with E-state index in [-0.39, 0.29) is 11.1 Å². The molecule has 1 N–H and O–H groups in total. The molecule has 0 amide bonds. The van der Waals surface area contributed by atoms with Gasteiger partial charge in [-0.2, -0.15) is 0 Å². The average Bonchev–Trinajstić information content (AvgIpc) is 3.44. The molecule has 0 spiro atoms. The summed E-state index contributed by atoms with van der Waals surface area (Å²) < 4.78 is 19.7. The molecule has 2 aromatic carbocycles. The van der Waals surface area contributed by atoms with Gasteiger partial charge >= 0.3 is 5.97 Å². The Hall–Kier alpha value is -3.00. The summed E-state index contributed by atoms with van der Waals surface area (Å²) in [5.41, 5.74) is 0.274. The van der Waals surface area contributed by atoms with Gasteiger partial charge < -0.3 is 19.3 Å². The minimum absolute atomic E-state index is 0.118. The molecule has 0 bridgehead atoms. The Kier molecular flexibility index (Phi) is 6.99. The van der Waals surface area contributed by atoms with Gasteiger partial charge in [0.2, 0.25) is 0 Å². The van der Waals surface area contributed by atoms with Crippen molar-refractivity contribution in [2.75, 3.05) is 20.3 Å². The quantitative estimate of drug-likeness (QED) is 0.425. The molecule has 32 heavy (non-hydrogen) atoms. The molecule has 8 heteroatoms. The summed E-state index contributed by atoms with van der Waals surface area (Å²) in [5, 5.41) is 9.83. The van der Waals surface area contributed by atoms with Crippen LogP contribution in [-0.2, 0) is 0 Å². The highest BCUT2D eigenvalue weighted by Gasteiger charge is 2.21. The summed E-state index contributed by atoms with van der Waals surface area (Å²) in [5.74, 6) is 0.681. The molecule has 1 aromatic heterocycles. The van der Waals surface area contributed by atoms with Crippen molar-refractivity contribution < 1.29 is 24.1 Å². The zero-order valence-corrected chi connectivity index (χ0v) is 18.9. The number of unbranched alkanes of at least 4 members (excludes halogenated alkanes) is 1. The molecule has 1 aliphatic carbocycles. The van der Waals surface area contributed by atoms with E-state index in [4.69, 9.17) is 19.3 Å². The van der Waals surface area contributed by atoms with Gasteiger partial charge in [-0.1, -0.05) is 24.4 Å². The van der Waals surface area contributed by atoms with Crippen LogP contribution < -0.4 is 19.8 Å². The van der Waals surface area contributed by atoms with Crippen LogP contribution in [0.15, 0.2) is 41.2 Å². The van der Waals surface area contributed by atoms with Crippen molar-refractivity contribution in [3.63, 3.8) is 0 Å². The van der Waals surface area contributed by atoms with Gasteiger partial charge in [0.1, 0.15) is 5.75 Å². The summed E-state index contributed by atoms with van der Waals surface area (Å²) in [6.07, 6.45) is 6.15. The van der Waals surface area contributed by atoms with Gasteiger partial charge in [-0.15, -0.1) is 0 Å². The van der Waals surface area contributed by atoms with Gasteiger partial charge in [-0.3, -0.25) is 8.75 Å². The Bertz CT molecular complexity index is 1150. The van der Waals surface area contributed by atoms with Crippen LogP contribution >= 0.6 is 11.5 Å². The maximum absolute atomic E-state index is 12.7. The van der Waals surface area contributed by atoms with Crippen molar-refractivity contribution in [2.24, 2.45) is 0 Å². The molecule has 0 aliphatic heterocycles. The molecule has 3 aromatic rings. The molecule has 1 aliphatic rings. The van der Waals surface area contributed by atoms with E-state index >= 15 is 0 Å². The van der Waals surface area contributed by atoms with Crippen molar-refractivity contribution in [3.05, 3.63) is 52.3 Å². The predicted octanol–water partition coefficient (Wildman–Crippen LogP) is 5.12. The number of rotatable bonds is 10. The summed E-state index contributed by atoms with van der Waals surface area (Å²) in [4.78, 5) is 23.7. The zero-order valence-electron chi connectivity index (χ0n) is 18.0. The van der Waals surface area contributed by atoms with Gasteiger partial charge in [-0.05, 0) is 62.1 Å². The largest absolute Gasteiger partial charge is 0.494 e. The molecule has 0 saturated heterocycles. The van der Waals surface area contributed by atoms with Crippen molar-refractivity contribution in [1.82, 2.24) is 3.96 Å². The van der Waals surface area contributed by atoms with Crippen molar-refractivity contribution in [2.45, 2.75) is 44.6 Å². The first kappa shape index (κ1) is 22.2. The lowest BCUT2D eigenvalue weighted by Gasteiger charge is -2.11. The highest BCUT2D eigenvalue weighted by Crippen LogP contribution is 2.33. The smallest absolute Gasteiger partial charge is 0.335 e. The van der Waals surface area contributed by atoms with E-state index in [0.717, 1.165) is 41.5 Å². The molecule has 170 valence electrons. The first-order chi connectivity index (χ1) is 15.6. The minimum atomic E-state index is -1.01. The molecule has 0 atom stereocenters. The number of benzene rings is 2. The summed E-state index contributed by atoms with van der Waals surface area (Å²) in [7, 11) is 1.48. The molecule has 0 unspecified atom stereocenters. The van der Waals surface area contributed by atoms with E-state index in [1.54, 1.807) is 17.6 Å². The van der Waals surface area contributed by atoms with Crippen LogP contribution in [0.3, 0.4) is 0 Å². The highest BCUT2D eigenvalue weighted by molar-refractivity contribution is 7.13. The fraction of sp³-hybridized carbons (Fsp3) is 0.417. The number of carboxylic acids is 1. The van der Waals surface area contributed by atoms with Crippen LogP contribution in [0.25, 0.3) is 10.1 Å². The molecule has 1 heterocycles. The van der Waals surface area contributed by atoms with Gasteiger partial charge in [-0.25, -0.2) is 4.79 Å². The van der Waals surface area contributed by atoms with E-state index in [0.29, 0.717) is 30.8 Å². The highest BCUT2D eigenvalue weighted by atomic mass is 32.1. The van der Waals surface area contributed by atoms with Crippen LogP contribution in [0, 0.1) is 0 Å². The molecule has 1 fully saturated rings. The normalized spacial score (nSPS) is 14.0. The van der Waals surface area contributed by atoms with E-state index in [1.165, 1.54) is 32.1 Å². The van der Waals surface area contributed by atoms with E-state index in [2.05, 4.69) is 0 Å². The predicted molar refractivity (Wildman–Crippen MR) is 124 cm³/mol. The summed E-state index contributed by atoms with van der Waals surface area (Å²) >= 11 is 1.54. The first-order valence-corrected chi connectivity index (χ1v) is 11.7. The number of methoxy groups -OCH3 is 1. The number of aromatic nitrogens is 1. The van der Waals surface area contributed by atoms with Crippen molar-refractivity contribution in [3.8, 4) is 17.2 Å². The molecular formula is C24H27NO6S. The first-order valence-electron chi connectivity index (χ1n) is 10.9. The Morgan fingerprint density at radius 2 is 1.81 bits per heavy atom. The zero-order chi connectivity index (χ0) is 22.5. The monoisotopic (exact) mass is 457 g/mol. The third-order valence-corrected chi connectivity index (χ3v) is 6.91. The van der Waals surface area contributed by atoms with Gasteiger partial charge in [0, 0.05) is 6.04 Å². The maximum atomic E-state index is 12.7. The number of ether oxygens (including phenoxy) is 3. The van der Waals surface area contributed by atoms with E-state index in [1.807, 2.05) is 22.2 Å². The van der Waals surface area contributed by atoms with E-state index in [9.17, 15) is 9.59 Å². The Labute approximate surface area is 190 Å². The molecule has 4 rings (SSSR count). The second kappa shape index (κ2) is 10.1. The second-order valence-electron chi connectivity index (χ2n) is 7.89. The van der Waals surface area contributed by atoms with Crippen molar-refractivity contribution in [1.29, 1.82) is 0 Å². The fourth-order valence-electron chi connectivity index (χ4n) is 3.99. The van der Waals surface area contributed by atoms with Crippen molar-refractivity contribution >= 4 is 27.6 Å². The average molecular weight is 458 g/mol. The topological polar surface area (TPSA) is 87.0 Å². The summed E-state index contributed by atoms with van der Waals surface area (Å²) in [6.45, 7) is 1.01. The number of fused-ring (bicyclic) bond motifs is 1. The van der Waals surface area contributed by atoms with Gasteiger partial charge in [0.15, 0.2) is 11.5 Å². The lowest BCUT2D eigenvalue weighted by Crippen LogP contribution is -2.16. The van der Waals surface area contributed by atoms with Crippen LogP contribution in [0.1, 0.15) is 54.9 Å². The van der Waals surface area contributed by atoms with E-state index < -0.39 is 5.97 Å². The molecule has 7 nitrogen and oxygen atoms in total. The third kappa shape index (κ3) is 4.91. The second-order valence-corrected chi connectivity index (χ2v) is 8.91. The number of hydrogen-bond acceptors (Lipinski definition) is 6. The van der Waals surface area contributed by atoms with Crippen LogP contribution in [0.4, 0.5) is 0 Å². The van der Waals surface area contributed by atoms with Gasteiger partial charge in [0.25, 0.3) is 5.56 Å². The van der Waals surface area contributed by atoms with Crippen LogP contribution in [0.2, 0.25) is 0 Å². The maximum Gasteiger partial charge on any atom is 0.335 e. The van der Waals surface area contributed by atoms with Gasteiger partial charge in [0.05, 0.1) is 36.0 Å². The number of aromatic carboxylic acids is 1. The lowest BCUT2D eigenvalue weighted by molar-refractivity contribution is 0.0696. The SMILES string of the molecule is COc1cc(C(=O)O)ccc1OCCCCOc1ccc2c(=O)n(C3CCCC3)sc2c1. The van der Waals surface area contributed by atoms with Crippen LogP contribution in [-0.4, -0.2) is 35.4 Å². The number of carbonyl (C=O) groups is 1. The summed E-state index contributed by atoms with van der Waals surface area (Å²) in [6, 6.07) is 10.6. The fourth-order valence-corrected chi connectivity index (χ4v) is 5.16. The number of nitrogens with zero attached hydrogens (tertiary/aromatic N) is 1. The van der Waals surface area contributed by atoms with Crippen LogP contribution in [0.5, 0.6) is 17.2 Å². The number of carboxylic acid groups (broad SMARTS) is 1. The molecule has 0 radical (unpaired) electrons. The Balaban J connectivity index is 1.26. The Morgan fingerprint density at radius 3 is 2.53 bits per heavy atom. The molecular weight excluding hydrogens is 430 g/mol. The standard InChI is InChI=1S/C24H27NO6S/c1-29-21-14-16(24(27)28)8-11-20(21)31-13-5-4-12-30-18-9-10-19-22(15-18)32-25(23(19)26)17-6-2-3-7-17/h8-11,14-15,17H,2-7,12-13H2,1H3,(H,27,28). The Morgan fingerprint density at radius 1 is 1.06 bits per heavy atom. The molecule has 1 saturated carbocycles. The lowest BCUT2D eigenvalue weighted by atomic mass is 10.2. The third-order valence-electron chi connectivity index (χ3n) is 5.71. The minimum Gasteiger partial charge on any atom is -0.494 e.